The van der Waals surface area contributed by atoms with Crippen molar-refractivity contribution in [1.29, 1.82) is 0 Å². The molecule has 2 heterocycles. The Bertz CT molecular complexity index is 1140. The van der Waals surface area contributed by atoms with Gasteiger partial charge in [0.25, 0.3) is 5.03 Å². The number of benzene rings is 1. The first-order valence-corrected chi connectivity index (χ1v) is 12.5. The fourth-order valence-electron chi connectivity index (χ4n) is 3.97. The Balaban J connectivity index is 1.58. The molecule has 3 aromatic rings. The lowest BCUT2D eigenvalue weighted by Crippen LogP contribution is -2.33. The standard InChI is InChI=1S/C23H25N3O5S2/c1-4-30-22(28)18-16-11-10-15(14-8-6-5-7-9-14)12-17(16)33-20(18)24-19(27)13(2)32-21-23(29)31-25-26(21)3/h5-9,13,15H,4,10-12H2,1-3H3,(H-,24,25,27,28,29). The van der Waals surface area contributed by atoms with Gasteiger partial charge in [0.15, 0.2) is 13.0 Å². The van der Waals surface area contributed by atoms with Crippen LogP contribution in [0.2, 0.25) is 0 Å². The van der Waals surface area contributed by atoms with Crippen molar-refractivity contribution in [3.05, 3.63) is 51.9 Å². The predicted molar refractivity (Wildman–Crippen MR) is 123 cm³/mol. The molecule has 10 heteroatoms. The van der Waals surface area contributed by atoms with Crippen LogP contribution in [0.5, 0.6) is 5.95 Å². The number of fused-ring (bicyclic) bond motifs is 1. The molecule has 2 aromatic heterocycles. The highest BCUT2D eigenvalue weighted by Gasteiger charge is 2.32. The predicted octanol–water partition coefficient (Wildman–Crippen LogP) is 3.20. The van der Waals surface area contributed by atoms with Gasteiger partial charge in [0.05, 0.1) is 22.7 Å². The van der Waals surface area contributed by atoms with Crippen molar-refractivity contribution in [2.75, 3.05) is 11.9 Å². The van der Waals surface area contributed by atoms with Crippen molar-refractivity contribution in [3.63, 3.8) is 0 Å². The van der Waals surface area contributed by atoms with Gasteiger partial charge >= 0.3 is 5.97 Å². The summed E-state index contributed by atoms with van der Waals surface area (Å²) in [5.41, 5.74) is 2.70. The third-order valence-electron chi connectivity index (χ3n) is 5.62. The van der Waals surface area contributed by atoms with E-state index in [-0.39, 0.29) is 17.5 Å². The highest BCUT2D eigenvalue weighted by Crippen LogP contribution is 2.43. The van der Waals surface area contributed by atoms with Gasteiger partial charge in [-0.25, -0.2) is 4.79 Å². The Labute approximate surface area is 199 Å². The maximum absolute atomic E-state index is 13.0. The van der Waals surface area contributed by atoms with E-state index in [9.17, 15) is 14.7 Å². The van der Waals surface area contributed by atoms with Gasteiger partial charge in [-0.1, -0.05) is 35.0 Å². The number of carbonyl (C=O) groups is 2. The lowest BCUT2D eigenvalue weighted by molar-refractivity contribution is -0.772. The van der Waals surface area contributed by atoms with Crippen molar-refractivity contribution >= 4 is 40.0 Å². The fraction of sp³-hybridized carbons (Fsp3) is 0.391. The molecule has 1 N–H and O–H groups in total. The van der Waals surface area contributed by atoms with E-state index in [1.165, 1.54) is 21.6 Å². The van der Waals surface area contributed by atoms with Crippen molar-refractivity contribution < 1.29 is 28.6 Å². The molecular weight excluding hydrogens is 462 g/mol. The number of aryl methyl sites for hydroxylation is 1. The van der Waals surface area contributed by atoms with Gasteiger partial charge < -0.3 is 19.7 Å². The molecule has 1 amide bonds. The van der Waals surface area contributed by atoms with Crippen LogP contribution < -0.4 is 15.1 Å². The van der Waals surface area contributed by atoms with Gasteiger partial charge in [-0.2, -0.15) is 0 Å². The number of nitrogens with one attached hydrogen (secondary N) is 1. The van der Waals surface area contributed by atoms with E-state index in [4.69, 9.17) is 4.74 Å². The molecule has 2 unspecified atom stereocenters. The monoisotopic (exact) mass is 487 g/mol. The zero-order chi connectivity index (χ0) is 23.5. The van der Waals surface area contributed by atoms with E-state index in [2.05, 4.69) is 27.2 Å². The summed E-state index contributed by atoms with van der Waals surface area (Å²) in [6.45, 7) is 3.71. The Kier molecular flexibility index (Phi) is 7.04. The van der Waals surface area contributed by atoms with Gasteiger partial charge in [-0.15, -0.1) is 11.3 Å². The summed E-state index contributed by atoms with van der Waals surface area (Å²) in [4.78, 5) is 26.9. The number of esters is 1. The zero-order valence-corrected chi connectivity index (χ0v) is 20.3. The van der Waals surface area contributed by atoms with E-state index in [0.717, 1.165) is 41.5 Å². The minimum atomic E-state index is -0.602. The Hall–Kier alpha value is -2.85. The number of thiophene rings is 1. The van der Waals surface area contributed by atoms with Crippen molar-refractivity contribution in [2.24, 2.45) is 7.05 Å². The van der Waals surface area contributed by atoms with Crippen LogP contribution in [0.15, 0.2) is 39.9 Å². The topological polar surface area (TPSA) is 108 Å². The molecule has 8 nitrogen and oxygen atoms in total. The molecule has 1 aromatic carbocycles. The van der Waals surface area contributed by atoms with E-state index in [1.807, 2.05) is 18.2 Å². The summed E-state index contributed by atoms with van der Waals surface area (Å²) in [7, 11) is 1.58. The molecule has 0 radical (unpaired) electrons. The highest BCUT2D eigenvalue weighted by molar-refractivity contribution is 8.00. The molecule has 0 spiro atoms. The molecule has 0 fully saturated rings. The van der Waals surface area contributed by atoms with E-state index < -0.39 is 17.2 Å². The summed E-state index contributed by atoms with van der Waals surface area (Å²) < 4.78 is 11.2. The second-order valence-electron chi connectivity index (χ2n) is 7.82. The van der Waals surface area contributed by atoms with E-state index in [1.54, 1.807) is 20.9 Å². The average molecular weight is 488 g/mol. The molecule has 0 bridgehead atoms. The van der Waals surface area contributed by atoms with Gasteiger partial charge in [-0.05, 0) is 61.9 Å². The number of carbonyl (C=O) groups excluding carboxylic acids is 2. The van der Waals surface area contributed by atoms with Crippen LogP contribution in [0.4, 0.5) is 5.00 Å². The highest BCUT2D eigenvalue weighted by atomic mass is 32.2. The zero-order valence-electron chi connectivity index (χ0n) is 18.6. The second kappa shape index (κ2) is 9.96. The number of thioether (sulfide) groups is 1. The number of anilines is 1. The van der Waals surface area contributed by atoms with Crippen LogP contribution in [-0.4, -0.2) is 29.0 Å². The molecule has 4 rings (SSSR count). The number of aromatic nitrogens is 2. The smallest absolute Gasteiger partial charge is 0.341 e. The summed E-state index contributed by atoms with van der Waals surface area (Å²) in [5.74, 6) is -0.956. The van der Waals surface area contributed by atoms with Crippen molar-refractivity contribution in [2.45, 2.75) is 49.3 Å². The molecule has 1 aliphatic carbocycles. The third kappa shape index (κ3) is 4.91. The average Bonchev–Trinajstić information content (AvgIpc) is 3.33. The number of amides is 1. The summed E-state index contributed by atoms with van der Waals surface area (Å²) in [6, 6.07) is 10.3. The first kappa shape index (κ1) is 23.3. The van der Waals surface area contributed by atoms with Gasteiger partial charge in [-0.3, -0.25) is 4.79 Å². The number of ether oxygens (including phenoxy) is 1. The van der Waals surface area contributed by atoms with Gasteiger partial charge in [0, 0.05) is 4.88 Å². The summed E-state index contributed by atoms with van der Waals surface area (Å²) in [6.07, 6.45) is 2.48. The van der Waals surface area contributed by atoms with Crippen LogP contribution in [0.3, 0.4) is 0 Å². The number of rotatable bonds is 7. The largest absolute Gasteiger partial charge is 0.538 e. The molecule has 33 heavy (non-hydrogen) atoms. The first-order valence-electron chi connectivity index (χ1n) is 10.8. The summed E-state index contributed by atoms with van der Waals surface area (Å²) >= 11 is 2.49. The SMILES string of the molecule is CCOC(=O)c1c(NC(=O)C(C)Sc2c([O-])on[n+]2C)sc2c1CCC(c1ccccc1)C2. The number of hydrogen-bond acceptors (Lipinski definition) is 8. The molecule has 2 atom stereocenters. The Morgan fingerprint density at radius 2 is 2.15 bits per heavy atom. The number of hydrogen-bond donors (Lipinski definition) is 1. The normalized spacial score (nSPS) is 16.2. The molecule has 174 valence electrons. The van der Waals surface area contributed by atoms with Gasteiger partial charge in [0.2, 0.25) is 5.91 Å². The maximum Gasteiger partial charge on any atom is 0.341 e. The fourth-order valence-corrected chi connectivity index (χ4v) is 6.11. The van der Waals surface area contributed by atoms with Crippen LogP contribution in [-0.2, 0) is 29.4 Å². The number of nitrogens with zero attached hydrogens (tertiary/aromatic N) is 2. The van der Waals surface area contributed by atoms with Crippen LogP contribution in [0, 0.1) is 0 Å². The quantitative estimate of drug-likeness (QED) is 0.310. The lowest BCUT2D eigenvalue weighted by atomic mass is 9.83. The van der Waals surface area contributed by atoms with Crippen LogP contribution in [0.1, 0.15) is 52.5 Å². The second-order valence-corrected chi connectivity index (χ2v) is 10.3. The Morgan fingerprint density at radius 3 is 2.82 bits per heavy atom. The maximum atomic E-state index is 13.0. The van der Waals surface area contributed by atoms with E-state index in [0.29, 0.717) is 16.5 Å². The van der Waals surface area contributed by atoms with Gasteiger partial charge in [0.1, 0.15) is 5.00 Å². The minimum Gasteiger partial charge on any atom is -0.538 e. The third-order valence-corrected chi connectivity index (χ3v) is 8.02. The van der Waals surface area contributed by atoms with Crippen molar-refractivity contribution in [1.82, 2.24) is 5.27 Å². The van der Waals surface area contributed by atoms with Crippen molar-refractivity contribution in [3.8, 4) is 5.95 Å². The van der Waals surface area contributed by atoms with Crippen LogP contribution >= 0.6 is 23.1 Å². The first-order chi connectivity index (χ1) is 15.9. The van der Waals surface area contributed by atoms with E-state index >= 15 is 0 Å². The lowest BCUT2D eigenvalue weighted by Gasteiger charge is -2.23. The molecule has 1 aliphatic rings. The summed E-state index contributed by atoms with van der Waals surface area (Å²) in [5, 5.41) is 18.4. The van der Waals surface area contributed by atoms with Crippen LogP contribution in [0.25, 0.3) is 0 Å². The minimum absolute atomic E-state index is 0.236. The molecule has 0 saturated carbocycles. The molecular formula is C23H25N3O5S2. The molecule has 0 aliphatic heterocycles. The molecule has 0 saturated heterocycles. The Morgan fingerprint density at radius 1 is 1.39 bits per heavy atom.